The Labute approximate surface area is 180 Å². The molecule has 0 unspecified atom stereocenters. The van der Waals surface area contributed by atoms with Gasteiger partial charge in [0.05, 0.1) is 26.4 Å². The predicted molar refractivity (Wildman–Crippen MR) is 115 cm³/mol. The van der Waals surface area contributed by atoms with Crippen molar-refractivity contribution in [1.29, 1.82) is 0 Å². The van der Waals surface area contributed by atoms with Crippen molar-refractivity contribution in [3.63, 3.8) is 0 Å². The Hall–Kier alpha value is -2.79. The van der Waals surface area contributed by atoms with Gasteiger partial charge in [0.2, 0.25) is 17.7 Å². The third-order valence-corrected chi connectivity index (χ3v) is 5.82. The molecule has 166 valence electrons. The summed E-state index contributed by atoms with van der Waals surface area (Å²) >= 11 is 0. The lowest BCUT2D eigenvalue weighted by atomic mass is 10.3. The standard InChI is InChI=1S/C20H27FN8O2/c21-16-17(26-8-12-30-13-9-26)24-20(25-18(16)27-10-14-31-15-11-27)29-6-4-28(5-7-29)19-22-2-1-3-23-19/h1-3H,4-15H2. The van der Waals surface area contributed by atoms with Crippen molar-refractivity contribution in [2.75, 3.05) is 98.4 Å². The van der Waals surface area contributed by atoms with Crippen LogP contribution in [0.3, 0.4) is 0 Å². The van der Waals surface area contributed by atoms with Crippen LogP contribution in [0.1, 0.15) is 0 Å². The van der Waals surface area contributed by atoms with E-state index in [0.717, 1.165) is 32.1 Å². The Bertz CT molecular complexity index is 830. The van der Waals surface area contributed by atoms with Crippen LogP contribution in [0, 0.1) is 5.82 Å². The van der Waals surface area contributed by atoms with E-state index >= 15 is 4.39 Å². The quantitative estimate of drug-likeness (QED) is 0.680. The molecular formula is C20H27FN8O2. The molecule has 0 spiro atoms. The van der Waals surface area contributed by atoms with E-state index in [0.29, 0.717) is 70.2 Å². The van der Waals surface area contributed by atoms with Crippen LogP contribution in [0.5, 0.6) is 0 Å². The summed E-state index contributed by atoms with van der Waals surface area (Å²) in [5, 5.41) is 0. The first-order valence-corrected chi connectivity index (χ1v) is 10.8. The van der Waals surface area contributed by atoms with Crippen molar-refractivity contribution in [3.05, 3.63) is 24.3 Å². The summed E-state index contributed by atoms with van der Waals surface area (Å²) in [7, 11) is 0. The highest BCUT2D eigenvalue weighted by Crippen LogP contribution is 2.30. The number of ether oxygens (including phenoxy) is 2. The number of hydrogen-bond donors (Lipinski definition) is 0. The summed E-state index contributed by atoms with van der Waals surface area (Å²) in [4.78, 5) is 26.2. The molecule has 5 rings (SSSR count). The molecule has 0 atom stereocenters. The van der Waals surface area contributed by atoms with Gasteiger partial charge in [-0.1, -0.05) is 0 Å². The highest BCUT2D eigenvalue weighted by atomic mass is 19.1. The number of aromatic nitrogens is 4. The predicted octanol–water partition coefficient (Wildman–Crippen LogP) is 0.406. The van der Waals surface area contributed by atoms with Crippen LogP contribution in [-0.4, -0.2) is 98.7 Å². The number of hydrogen-bond acceptors (Lipinski definition) is 10. The fourth-order valence-corrected chi connectivity index (χ4v) is 4.08. The van der Waals surface area contributed by atoms with E-state index in [1.54, 1.807) is 12.4 Å². The second-order valence-corrected chi connectivity index (χ2v) is 7.71. The first-order valence-electron chi connectivity index (χ1n) is 10.8. The minimum atomic E-state index is -0.358. The van der Waals surface area contributed by atoms with Gasteiger partial charge < -0.3 is 29.1 Å². The molecule has 3 saturated heterocycles. The molecule has 0 amide bonds. The lowest BCUT2D eigenvalue weighted by Gasteiger charge is -2.36. The summed E-state index contributed by atoms with van der Waals surface area (Å²) < 4.78 is 26.4. The molecule has 3 fully saturated rings. The average Bonchev–Trinajstić information content (AvgIpc) is 2.86. The van der Waals surface area contributed by atoms with E-state index in [-0.39, 0.29) is 5.82 Å². The van der Waals surface area contributed by atoms with Gasteiger partial charge in [-0.05, 0) is 6.07 Å². The van der Waals surface area contributed by atoms with Gasteiger partial charge in [0.25, 0.3) is 0 Å². The number of morpholine rings is 2. The van der Waals surface area contributed by atoms with Gasteiger partial charge in [-0.3, -0.25) is 0 Å². The van der Waals surface area contributed by atoms with Crippen LogP contribution < -0.4 is 19.6 Å². The molecule has 0 bridgehead atoms. The van der Waals surface area contributed by atoms with Crippen LogP contribution in [-0.2, 0) is 9.47 Å². The molecule has 2 aromatic heterocycles. The Morgan fingerprint density at radius 1 is 0.613 bits per heavy atom. The van der Waals surface area contributed by atoms with E-state index in [4.69, 9.17) is 9.47 Å². The van der Waals surface area contributed by atoms with E-state index in [9.17, 15) is 0 Å². The SMILES string of the molecule is Fc1c(N2CCOCC2)nc(N2CCN(c3ncccn3)CC2)nc1N1CCOCC1. The van der Waals surface area contributed by atoms with Gasteiger partial charge >= 0.3 is 0 Å². The second kappa shape index (κ2) is 9.15. The highest BCUT2D eigenvalue weighted by molar-refractivity contribution is 5.58. The molecule has 5 heterocycles. The zero-order chi connectivity index (χ0) is 21.0. The van der Waals surface area contributed by atoms with Gasteiger partial charge in [0, 0.05) is 64.8 Å². The van der Waals surface area contributed by atoms with Crippen LogP contribution in [0.15, 0.2) is 18.5 Å². The first kappa shape index (κ1) is 20.1. The van der Waals surface area contributed by atoms with Gasteiger partial charge in [0.1, 0.15) is 0 Å². The summed E-state index contributed by atoms with van der Waals surface area (Å²) in [6.07, 6.45) is 3.50. The van der Waals surface area contributed by atoms with Gasteiger partial charge in [0.15, 0.2) is 11.6 Å². The van der Waals surface area contributed by atoms with Crippen molar-refractivity contribution in [3.8, 4) is 0 Å². The number of rotatable bonds is 4. The maximum absolute atomic E-state index is 15.5. The van der Waals surface area contributed by atoms with E-state index in [1.165, 1.54) is 0 Å². The minimum Gasteiger partial charge on any atom is -0.378 e. The Morgan fingerprint density at radius 2 is 1.06 bits per heavy atom. The lowest BCUT2D eigenvalue weighted by molar-refractivity contribution is 0.121. The molecule has 0 saturated carbocycles. The number of piperazine rings is 1. The molecule has 0 aliphatic carbocycles. The van der Waals surface area contributed by atoms with Gasteiger partial charge in [-0.2, -0.15) is 14.4 Å². The van der Waals surface area contributed by atoms with Crippen LogP contribution in [0.25, 0.3) is 0 Å². The molecule has 3 aliphatic rings. The fourth-order valence-electron chi connectivity index (χ4n) is 4.08. The zero-order valence-electron chi connectivity index (χ0n) is 17.5. The number of halogens is 1. The maximum Gasteiger partial charge on any atom is 0.229 e. The van der Waals surface area contributed by atoms with Crippen molar-refractivity contribution in [1.82, 2.24) is 19.9 Å². The van der Waals surface area contributed by atoms with Crippen molar-refractivity contribution < 1.29 is 13.9 Å². The zero-order valence-corrected chi connectivity index (χ0v) is 17.5. The Balaban J connectivity index is 1.41. The van der Waals surface area contributed by atoms with Crippen molar-refractivity contribution in [2.45, 2.75) is 0 Å². The largest absolute Gasteiger partial charge is 0.378 e. The van der Waals surface area contributed by atoms with Crippen LogP contribution in [0.4, 0.5) is 27.9 Å². The van der Waals surface area contributed by atoms with Crippen molar-refractivity contribution in [2.24, 2.45) is 0 Å². The Morgan fingerprint density at radius 3 is 1.55 bits per heavy atom. The molecule has 11 heteroatoms. The third-order valence-electron chi connectivity index (χ3n) is 5.82. The fraction of sp³-hybridized carbons (Fsp3) is 0.600. The number of anilines is 4. The molecule has 31 heavy (non-hydrogen) atoms. The summed E-state index contributed by atoms with van der Waals surface area (Å²) in [6.45, 7) is 7.71. The minimum absolute atomic E-state index is 0.358. The van der Waals surface area contributed by atoms with E-state index in [1.807, 2.05) is 15.9 Å². The van der Waals surface area contributed by atoms with Crippen LogP contribution in [0.2, 0.25) is 0 Å². The molecule has 2 aromatic rings. The van der Waals surface area contributed by atoms with Gasteiger partial charge in [-0.15, -0.1) is 0 Å². The molecular weight excluding hydrogens is 403 g/mol. The van der Waals surface area contributed by atoms with Crippen molar-refractivity contribution >= 4 is 23.5 Å². The number of nitrogens with zero attached hydrogens (tertiary/aromatic N) is 8. The molecule has 0 radical (unpaired) electrons. The third kappa shape index (κ3) is 4.33. The molecule has 0 N–H and O–H groups in total. The first-order chi connectivity index (χ1) is 15.3. The van der Waals surface area contributed by atoms with Gasteiger partial charge in [-0.25, -0.2) is 9.97 Å². The summed E-state index contributed by atoms with van der Waals surface area (Å²) in [6, 6.07) is 1.81. The molecule has 10 nitrogen and oxygen atoms in total. The summed E-state index contributed by atoms with van der Waals surface area (Å²) in [5.74, 6) is 1.67. The maximum atomic E-state index is 15.5. The lowest BCUT2D eigenvalue weighted by Crippen LogP contribution is -2.48. The van der Waals surface area contributed by atoms with Crippen LogP contribution >= 0.6 is 0 Å². The molecule has 0 aromatic carbocycles. The topological polar surface area (TPSA) is 83.0 Å². The summed E-state index contributed by atoms with van der Waals surface area (Å²) in [5.41, 5.74) is 0. The van der Waals surface area contributed by atoms with E-state index in [2.05, 4.69) is 29.7 Å². The van der Waals surface area contributed by atoms with E-state index < -0.39 is 0 Å². The highest BCUT2D eigenvalue weighted by Gasteiger charge is 2.28. The Kier molecular flexibility index (Phi) is 5.94. The monoisotopic (exact) mass is 430 g/mol. The second-order valence-electron chi connectivity index (χ2n) is 7.71. The normalized spacial score (nSPS) is 20.3. The average molecular weight is 430 g/mol. The molecule has 3 aliphatic heterocycles. The smallest absolute Gasteiger partial charge is 0.229 e.